The predicted molar refractivity (Wildman–Crippen MR) is 110 cm³/mol. The Kier molecular flexibility index (Phi) is 4.75. The Morgan fingerprint density at radius 1 is 1.07 bits per heavy atom. The van der Waals surface area contributed by atoms with Gasteiger partial charge in [-0.05, 0) is 30.7 Å². The van der Waals surface area contributed by atoms with Crippen molar-refractivity contribution in [3.05, 3.63) is 83.1 Å². The molecule has 7 nitrogen and oxygen atoms in total. The molecule has 2 amide bonds. The summed E-state index contributed by atoms with van der Waals surface area (Å²) in [6.07, 6.45) is 1.53. The maximum atomic E-state index is 13.5. The van der Waals surface area contributed by atoms with Gasteiger partial charge in [0, 0.05) is 22.2 Å². The van der Waals surface area contributed by atoms with Crippen molar-refractivity contribution in [3.8, 4) is 11.1 Å². The number of nitrogens with two attached hydrogens (primary N) is 2. The molecule has 0 saturated carbocycles. The fraction of sp³-hybridized carbons (Fsp3) is 0.0909. The molecular weight excluding hydrogens is 385 g/mol. The summed E-state index contributed by atoms with van der Waals surface area (Å²) in [5, 5.41) is 4.88. The van der Waals surface area contributed by atoms with Crippen molar-refractivity contribution in [1.82, 2.24) is 14.8 Å². The van der Waals surface area contributed by atoms with Crippen molar-refractivity contribution in [3.63, 3.8) is 0 Å². The second-order valence-electron chi connectivity index (χ2n) is 6.89. The standard InChI is InChI=1S/C22H18FN5O2/c1-12-16(10-26-28(12)11-13-5-4-6-14(23)9-13)18-19(21(24)29)15-7-2-3-8-17(15)27-20(18)22(25)30/h2-10H,11H2,1H3,(H2,24,29)(H2,25,30). The summed E-state index contributed by atoms with van der Waals surface area (Å²) in [7, 11) is 0. The molecule has 2 heterocycles. The van der Waals surface area contributed by atoms with Crippen LogP contribution in [0.1, 0.15) is 32.1 Å². The maximum absolute atomic E-state index is 13.5. The highest BCUT2D eigenvalue weighted by Crippen LogP contribution is 2.34. The lowest BCUT2D eigenvalue weighted by molar-refractivity contribution is 0.0996. The molecule has 0 atom stereocenters. The number of nitrogens with zero attached hydrogens (tertiary/aromatic N) is 3. The monoisotopic (exact) mass is 403 g/mol. The van der Waals surface area contributed by atoms with Crippen molar-refractivity contribution in [1.29, 1.82) is 0 Å². The van der Waals surface area contributed by atoms with Gasteiger partial charge in [-0.2, -0.15) is 5.10 Å². The predicted octanol–water partition coefficient (Wildman–Crippen LogP) is 2.79. The van der Waals surface area contributed by atoms with Gasteiger partial charge in [0.25, 0.3) is 5.91 Å². The Morgan fingerprint density at radius 3 is 2.53 bits per heavy atom. The molecule has 0 saturated heterocycles. The number of fused-ring (bicyclic) bond motifs is 1. The summed E-state index contributed by atoms with van der Waals surface area (Å²) >= 11 is 0. The molecule has 2 aromatic carbocycles. The van der Waals surface area contributed by atoms with Crippen LogP contribution in [0, 0.1) is 12.7 Å². The number of halogens is 1. The number of carbonyl (C=O) groups excluding carboxylic acids is 2. The third kappa shape index (κ3) is 3.28. The van der Waals surface area contributed by atoms with Crippen molar-refractivity contribution in [2.75, 3.05) is 0 Å². The van der Waals surface area contributed by atoms with E-state index in [4.69, 9.17) is 11.5 Å². The molecular formula is C22H18FN5O2. The average Bonchev–Trinajstić information content (AvgIpc) is 3.06. The number of aromatic nitrogens is 3. The van der Waals surface area contributed by atoms with Crippen LogP contribution in [0.3, 0.4) is 0 Å². The lowest BCUT2D eigenvalue weighted by Crippen LogP contribution is -2.20. The first-order chi connectivity index (χ1) is 14.4. The molecule has 8 heteroatoms. The quantitative estimate of drug-likeness (QED) is 0.533. The van der Waals surface area contributed by atoms with E-state index < -0.39 is 11.8 Å². The van der Waals surface area contributed by atoms with Gasteiger partial charge in [-0.15, -0.1) is 0 Å². The van der Waals surface area contributed by atoms with Gasteiger partial charge in [0.1, 0.15) is 11.5 Å². The third-order valence-corrected chi connectivity index (χ3v) is 4.97. The zero-order valence-corrected chi connectivity index (χ0v) is 16.1. The summed E-state index contributed by atoms with van der Waals surface area (Å²) in [4.78, 5) is 29.0. The van der Waals surface area contributed by atoms with Gasteiger partial charge < -0.3 is 11.5 Å². The SMILES string of the molecule is Cc1c(-c2c(C(N)=O)nc3ccccc3c2C(N)=O)cnn1Cc1cccc(F)c1. The molecule has 0 aliphatic rings. The minimum atomic E-state index is -0.782. The Hall–Kier alpha value is -4.07. The number of carbonyl (C=O) groups is 2. The van der Waals surface area contributed by atoms with Crippen molar-refractivity contribution < 1.29 is 14.0 Å². The normalized spacial score (nSPS) is 11.0. The van der Waals surface area contributed by atoms with E-state index in [1.54, 1.807) is 48.0 Å². The highest BCUT2D eigenvalue weighted by molar-refractivity contribution is 6.15. The van der Waals surface area contributed by atoms with Crippen LogP contribution < -0.4 is 11.5 Å². The van der Waals surface area contributed by atoms with E-state index in [-0.39, 0.29) is 22.6 Å². The zero-order valence-electron chi connectivity index (χ0n) is 16.1. The van der Waals surface area contributed by atoms with E-state index in [0.717, 1.165) is 5.56 Å². The molecule has 4 aromatic rings. The van der Waals surface area contributed by atoms with Crippen LogP contribution in [0.2, 0.25) is 0 Å². The maximum Gasteiger partial charge on any atom is 0.267 e. The van der Waals surface area contributed by atoms with E-state index in [9.17, 15) is 14.0 Å². The van der Waals surface area contributed by atoms with Crippen LogP contribution in [-0.4, -0.2) is 26.6 Å². The molecule has 4 N–H and O–H groups in total. The number of para-hydroxylation sites is 1. The molecule has 0 fully saturated rings. The van der Waals surface area contributed by atoms with Crippen molar-refractivity contribution >= 4 is 22.7 Å². The third-order valence-electron chi connectivity index (χ3n) is 4.97. The lowest BCUT2D eigenvalue weighted by Gasteiger charge is -2.14. The minimum Gasteiger partial charge on any atom is -0.366 e. The summed E-state index contributed by atoms with van der Waals surface area (Å²) < 4.78 is 15.2. The first-order valence-electron chi connectivity index (χ1n) is 9.16. The van der Waals surface area contributed by atoms with Gasteiger partial charge in [0.15, 0.2) is 0 Å². The smallest absolute Gasteiger partial charge is 0.267 e. The van der Waals surface area contributed by atoms with E-state index in [1.807, 2.05) is 0 Å². The van der Waals surface area contributed by atoms with Crippen LogP contribution >= 0.6 is 0 Å². The lowest BCUT2D eigenvalue weighted by atomic mass is 9.94. The summed E-state index contributed by atoms with van der Waals surface area (Å²) in [5.41, 5.74) is 13.9. The Bertz CT molecular complexity index is 1310. The van der Waals surface area contributed by atoms with E-state index >= 15 is 0 Å². The molecule has 0 radical (unpaired) electrons. The molecule has 2 aromatic heterocycles. The number of hydrogen-bond acceptors (Lipinski definition) is 4. The Balaban J connectivity index is 1.94. The highest BCUT2D eigenvalue weighted by atomic mass is 19.1. The number of hydrogen-bond donors (Lipinski definition) is 2. The van der Waals surface area contributed by atoms with E-state index in [2.05, 4.69) is 10.1 Å². The fourth-order valence-corrected chi connectivity index (χ4v) is 3.57. The molecule has 0 bridgehead atoms. The Morgan fingerprint density at radius 2 is 1.83 bits per heavy atom. The van der Waals surface area contributed by atoms with Crippen molar-refractivity contribution in [2.45, 2.75) is 13.5 Å². The van der Waals surface area contributed by atoms with E-state index in [1.165, 1.54) is 18.3 Å². The molecule has 30 heavy (non-hydrogen) atoms. The number of benzene rings is 2. The molecule has 0 unspecified atom stereocenters. The van der Waals surface area contributed by atoms with Gasteiger partial charge >= 0.3 is 0 Å². The summed E-state index contributed by atoms with van der Waals surface area (Å²) in [5.74, 6) is -1.83. The fourth-order valence-electron chi connectivity index (χ4n) is 3.57. The van der Waals surface area contributed by atoms with Gasteiger partial charge in [0.05, 0.1) is 23.8 Å². The van der Waals surface area contributed by atoms with Crippen LogP contribution in [0.4, 0.5) is 4.39 Å². The largest absolute Gasteiger partial charge is 0.366 e. The second kappa shape index (κ2) is 7.40. The van der Waals surface area contributed by atoms with Crippen LogP contribution in [0.15, 0.2) is 54.7 Å². The van der Waals surface area contributed by atoms with Gasteiger partial charge in [-0.1, -0.05) is 30.3 Å². The first-order valence-corrected chi connectivity index (χ1v) is 9.16. The second-order valence-corrected chi connectivity index (χ2v) is 6.89. The van der Waals surface area contributed by atoms with Crippen molar-refractivity contribution in [2.24, 2.45) is 11.5 Å². The zero-order chi connectivity index (χ0) is 21.4. The first kappa shape index (κ1) is 19.3. The molecule has 0 aliphatic carbocycles. The van der Waals surface area contributed by atoms with Crippen LogP contribution in [0.5, 0.6) is 0 Å². The number of primary amides is 2. The van der Waals surface area contributed by atoms with Gasteiger partial charge in [-0.25, -0.2) is 9.37 Å². The topological polar surface area (TPSA) is 117 Å². The van der Waals surface area contributed by atoms with Crippen LogP contribution in [0.25, 0.3) is 22.0 Å². The average molecular weight is 403 g/mol. The Labute approximate surface area is 171 Å². The summed E-state index contributed by atoms with van der Waals surface area (Å²) in [6.45, 7) is 2.09. The number of pyridine rings is 1. The number of rotatable bonds is 5. The molecule has 4 rings (SSSR count). The van der Waals surface area contributed by atoms with Gasteiger partial charge in [-0.3, -0.25) is 14.3 Å². The van der Waals surface area contributed by atoms with Crippen LogP contribution in [-0.2, 0) is 6.54 Å². The van der Waals surface area contributed by atoms with E-state index in [0.29, 0.717) is 28.7 Å². The minimum absolute atomic E-state index is 0.0593. The highest BCUT2D eigenvalue weighted by Gasteiger charge is 2.25. The number of amides is 2. The molecule has 0 spiro atoms. The molecule has 150 valence electrons. The summed E-state index contributed by atoms with van der Waals surface area (Å²) in [6, 6.07) is 13.1. The van der Waals surface area contributed by atoms with Gasteiger partial charge in [0.2, 0.25) is 5.91 Å². The molecule has 0 aliphatic heterocycles.